The lowest BCUT2D eigenvalue weighted by atomic mass is 9.91. The van der Waals surface area contributed by atoms with Crippen molar-refractivity contribution >= 4 is 5.91 Å². The highest BCUT2D eigenvalue weighted by molar-refractivity contribution is 5.81. The zero-order valence-electron chi connectivity index (χ0n) is 21.3. The first-order valence-electron chi connectivity index (χ1n) is 13.7. The van der Waals surface area contributed by atoms with Crippen LogP contribution in [0.5, 0.6) is 0 Å². The topological polar surface area (TPSA) is 78.1 Å². The second-order valence-electron chi connectivity index (χ2n) is 10.3. The zero-order chi connectivity index (χ0) is 24.3. The van der Waals surface area contributed by atoms with E-state index in [4.69, 9.17) is 0 Å². The van der Waals surface area contributed by atoms with Crippen LogP contribution in [0.15, 0.2) is 48.7 Å². The molecule has 1 aliphatic carbocycles. The third-order valence-corrected chi connectivity index (χ3v) is 7.57. The van der Waals surface area contributed by atoms with Gasteiger partial charge in [-0.05, 0) is 68.8 Å². The van der Waals surface area contributed by atoms with E-state index in [1.165, 1.54) is 63.4 Å². The van der Waals surface area contributed by atoms with Crippen molar-refractivity contribution in [2.75, 3.05) is 6.54 Å². The van der Waals surface area contributed by atoms with Crippen molar-refractivity contribution in [3.63, 3.8) is 0 Å². The van der Waals surface area contributed by atoms with Crippen LogP contribution in [-0.4, -0.2) is 35.6 Å². The maximum absolute atomic E-state index is 12.5. The predicted molar refractivity (Wildman–Crippen MR) is 142 cm³/mol. The molecule has 4 N–H and O–H groups in total. The Kier molecular flexibility index (Phi) is 10.1. The summed E-state index contributed by atoms with van der Waals surface area (Å²) in [5, 5.41) is 14.0. The summed E-state index contributed by atoms with van der Waals surface area (Å²) in [5.41, 5.74) is 3.42. The van der Waals surface area contributed by atoms with Crippen LogP contribution in [0.4, 0.5) is 0 Å². The molecule has 6 heteroatoms. The van der Waals surface area contributed by atoms with Crippen LogP contribution in [0, 0.1) is 0 Å². The number of hydrogen-bond donors (Lipinski definition) is 4. The summed E-state index contributed by atoms with van der Waals surface area (Å²) in [6.45, 7) is 4.14. The Morgan fingerprint density at radius 2 is 1.83 bits per heavy atom. The molecule has 35 heavy (non-hydrogen) atoms. The van der Waals surface area contributed by atoms with Gasteiger partial charge in [-0.15, -0.1) is 0 Å². The minimum atomic E-state index is -0.271. The standard InChI is InChI=1S/C29H43N5O/c1-22(32-21-27-10-5-6-18-30-27)29(35)33-20-23-13-15-24(16-14-23)28-12-7-11-26(34-28)17-19-31-25-8-3-2-4-9-25/h5-6,10,13-16,18,22,25-26,28,31-32,34H,2-4,7-9,11-12,17,19-21H2,1H3,(H,33,35)/t22-,26?,28?/m0/s1. The lowest BCUT2D eigenvalue weighted by Crippen LogP contribution is -2.41. The molecule has 4 rings (SSSR count). The van der Waals surface area contributed by atoms with E-state index in [1.807, 2.05) is 25.1 Å². The molecule has 1 saturated carbocycles. The van der Waals surface area contributed by atoms with Gasteiger partial charge in [-0.2, -0.15) is 0 Å². The normalized spacial score (nSPS) is 22.0. The van der Waals surface area contributed by atoms with Gasteiger partial charge >= 0.3 is 0 Å². The highest BCUT2D eigenvalue weighted by Crippen LogP contribution is 2.27. The highest BCUT2D eigenvalue weighted by atomic mass is 16.2. The van der Waals surface area contributed by atoms with Gasteiger partial charge in [0.1, 0.15) is 0 Å². The molecule has 2 unspecified atom stereocenters. The molecule has 3 atom stereocenters. The van der Waals surface area contributed by atoms with Crippen LogP contribution in [-0.2, 0) is 17.9 Å². The van der Waals surface area contributed by atoms with Gasteiger partial charge in [0.2, 0.25) is 5.91 Å². The molecule has 2 aromatic rings. The molecule has 190 valence electrons. The second-order valence-corrected chi connectivity index (χ2v) is 10.3. The fourth-order valence-corrected chi connectivity index (χ4v) is 5.34. The predicted octanol–water partition coefficient (Wildman–Crippen LogP) is 4.37. The van der Waals surface area contributed by atoms with Gasteiger partial charge in [0.05, 0.1) is 11.7 Å². The van der Waals surface area contributed by atoms with E-state index in [1.54, 1.807) is 6.20 Å². The Balaban J connectivity index is 1.17. The summed E-state index contributed by atoms with van der Waals surface area (Å²) in [7, 11) is 0. The minimum Gasteiger partial charge on any atom is -0.351 e. The summed E-state index contributed by atoms with van der Waals surface area (Å²) in [5.74, 6) is 0.00336. The SMILES string of the molecule is C[C@H](NCc1ccccn1)C(=O)NCc1ccc(C2CCCC(CCNC3CCCCC3)N2)cc1. The van der Waals surface area contributed by atoms with E-state index < -0.39 is 0 Å². The Morgan fingerprint density at radius 3 is 2.60 bits per heavy atom. The molecule has 2 aliphatic rings. The van der Waals surface area contributed by atoms with Gasteiger partial charge in [-0.25, -0.2) is 0 Å². The van der Waals surface area contributed by atoms with E-state index in [2.05, 4.69) is 50.5 Å². The number of amides is 1. The molecular weight excluding hydrogens is 434 g/mol. The van der Waals surface area contributed by atoms with Crippen LogP contribution in [0.2, 0.25) is 0 Å². The molecule has 2 heterocycles. The fraction of sp³-hybridized carbons (Fsp3) is 0.586. The number of nitrogens with zero attached hydrogens (tertiary/aromatic N) is 1. The third-order valence-electron chi connectivity index (χ3n) is 7.57. The monoisotopic (exact) mass is 477 g/mol. The van der Waals surface area contributed by atoms with Crippen molar-refractivity contribution in [3.05, 3.63) is 65.5 Å². The number of hydrogen-bond acceptors (Lipinski definition) is 5. The van der Waals surface area contributed by atoms with Crippen molar-refractivity contribution in [3.8, 4) is 0 Å². The molecule has 1 aromatic heterocycles. The Morgan fingerprint density at radius 1 is 1.00 bits per heavy atom. The molecular formula is C29H43N5O. The summed E-state index contributed by atoms with van der Waals surface area (Å²) in [4.78, 5) is 16.8. The fourth-order valence-electron chi connectivity index (χ4n) is 5.34. The van der Waals surface area contributed by atoms with Crippen LogP contribution in [0.1, 0.15) is 87.6 Å². The quantitative estimate of drug-likeness (QED) is 0.387. The average molecular weight is 478 g/mol. The number of rotatable bonds is 11. The van der Waals surface area contributed by atoms with E-state index in [9.17, 15) is 4.79 Å². The molecule has 6 nitrogen and oxygen atoms in total. The smallest absolute Gasteiger partial charge is 0.237 e. The van der Waals surface area contributed by atoms with Crippen LogP contribution >= 0.6 is 0 Å². The first kappa shape index (κ1) is 25.8. The third kappa shape index (κ3) is 8.41. The van der Waals surface area contributed by atoms with Crippen molar-refractivity contribution in [2.24, 2.45) is 0 Å². The van der Waals surface area contributed by atoms with Crippen molar-refractivity contribution in [1.82, 2.24) is 26.3 Å². The summed E-state index contributed by atoms with van der Waals surface area (Å²) in [6, 6.07) is 16.1. The first-order chi connectivity index (χ1) is 17.2. The highest BCUT2D eigenvalue weighted by Gasteiger charge is 2.22. The molecule has 1 aliphatic heterocycles. The number of pyridine rings is 1. The lowest BCUT2D eigenvalue weighted by molar-refractivity contribution is -0.122. The van der Waals surface area contributed by atoms with E-state index >= 15 is 0 Å². The second kappa shape index (κ2) is 13.7. The maximum Gasteiger partial charge on any atom is 0.237 e. The first-order valence-corrected chi connectivity index (χ1v) is 13.7. The number of benzene rings is 1. The Hall–Kier alpha value is -2.28. The molecule has 0 bridgehead atoms. The minimum absolute atomic E-state index is 0.00336. The average Bonchev–Trinajstić information content (AvgIpc) is 2.92. The number of carbonyl (C=O) groups is 1. The van der Waals surface area contributed by atoms with Gasteiger partial charge in [0.25, 0.3) is 0 Å². The van der Waals surface area contributed by atoms with Gasteiger partial charge in [-0.3, -0.25) is 9.78 Å². The summed E-state index contributed by atoms with van der Waals surface area (Å²) in [6.07, 6.45) is 13.6. The summed E-state index contributed by atoms with van der Waals surface area (Å²) >= 11 is 0. The van der Waals surface area contributed by atoms with E-state index in [-0.39, 0.29) is 11.9 Å². The van der Waals surface area contributed by atoms with Crippen LogP contribution < -0.4 is 21.3 Å². The van der Waals surface area contributed by atoms with Gasteiger partial charge in [-0.1, -0.05) is 56.0 Å². The lowest BCUT2D eigenvalue weighted by Gasteiger charge is -2.32. The summed E-state index contributed by atoms with van der Waals surface area (Å²) < 4.78 is 0. The number of carbonyl (C=O) groups excluding carboxylic acids is 1. The van der Waals surface area contributed by atoms with Crippen molar-refractivity contribution in [1.29, 1.82) is 0 Å². The van der Waals surface area contributed by atoms with Gasteiger partial charge in [0, 0.05) is 37.4 Å². The molecule has 0 radical (unpaired) electrons. The number of piperidine rings is 1. The Bertz CT molecular complexity index is 882. The molecule has 1 amide bonds. The largest absolute Gasteiger partial charge is 0.351 e. The molecule has 0 spiro atoms. The number of aromatic nitrogens is 1. The van der Waals surface area contributed by atoms with Gasteiger partial charge in [0.15, 0.2) is 0 Å². The van der Waals surface area contributed by atoms with E-state index in [0.717, 1.165) is 23.8 Å². The molecule has 2 fully saturated rings. The van der Waals surface area contributed by atoms with Crippen LogP contribution in [0.25, 0.3) is 0 Å². The van der Waals surface area contributed by atoms with Crippen LogP contribution in [0.3, 0.4) is 0 Å². The number of nitrogens with one attached hydrogen (secondary N) is 4. The van der Waals surface area contributed by atoms with Gasteiger partial charge < -0.3 is 21.3 Å². The zero-order valence-corrected chi connectivity index (χ0v) is 21.3. The van der Waals surface area contributed by atoms with Crippen molar-refractivity contribution < 1.29 is 4.79 Å². The Labute approximate surface area is 211 Å². The van der Waals surface area contributed by atoms with Crippen molar-refractivity contribution in [2.45, 2.75) is 102 Å². The maximum atomic E-state index is 12.5. The molecule has 1 saturated heterocycles. The van der Waals surface area contributed by atoms with E-state index in [0.29, 0.717) is 25.2 Å². The molecule has 1 aromatic carbocycles.